The molecule has 4 N–H and O–H groups in total. The number of amides is 2. The Bertz CT molecular complexity index is 765. The number of anilines is 2. The number of hydrazine groups is 1. The molecule has 2 aromatic rings. The molecular formula is C16H15BrN4O2S. The van der Waals surface area contributed by atoms with Gasteiger partial charge >= 0.3 is 11.8 Å². The van der Waals surface area contributed by atoms with Gasteiger partial charge in [-0.25, -0.2) is 0 Å². The van der Waals surface area contributed by atoms with Crippen molar-refractivity contribution >= 4 is 56.4 Å². The van der Waals surface area contributed by atoms with Crippen molar-refractivity contribution in [3.05, 3.63) is 58.6 Å². The fourth-order valence-electron chi connectivity index (χ4n) is 1.72. The highest BCUT2D eigenvalue weighted by molar-refractivity contribution is 9.10. The summed E-state index contributed by atoms with van der Waals surface area (Å²) in [6.45, 7) is 1.93. The predicted octanol–water partition coefficient (Wildman–Crippen LogP) is 2.71. The summed E-state index contributed by atoms with van der Waals surface area (Å²) in [4.78, 5) is 23.5. The van der Waals surface area contributed by atoms with Crippen LogP contribution in [0.1, 0.15) is 5.56 Å². The van der Waals surface area contributed by atoms with Gasteiger partial charge in [0.1, 0.15) is 0 Å². The highest BCUT2D eigenvalue weighted by atomic mass is 79.9. The molecule has 0 unspecified atom stereocenters. The Kier molecular flexibility index (Phi) is 6.28. The zero-order valence-corrected chi connectivity index (χ0v) is 15.1. The molecule has 0 aliphatic rings. The molecule has 0 aliphatic carbocycles. The Morgan fingerprint density at radius 3 is 2.29 bits per heavy atom. The molecule has 24 heavy (non-hydrogen) atoms. The monoisotopic (exact) mass is 406 g/mol. The molecule has 2 amide bonds. The van der Waals surface area contributed by atoms with E-state index in [1.54, 1.807) is 12.1 Å². The number of rotatable bonds is 2. The Balaban J connectivity index is 1.80. The summed E-state index contributed by atoms with van der Waals surface area (Å²) >= 11 is 8.39. The summed E-state index contributed by atoms with van der Waals surface area (Å²) < 4.78 is 0.886. The van der Waals surface area contributed by atoms with Crippen LogP contribution < -0.4 is 21.5 Å². The summed E-state index contributed by atoms with van der Waals surface area (Å²) in [7, 11) is 0. The van der Waals surface area contributed by atoms with E-state index >= 15 is 0 Å². The quantitative estimate of drug-likeness (QED) is 0.350. The number of nitrogens with one attached hydrogen (secondary N) is 4. The minimum Gasteiger partial charge on any atom is -0.331 e. The summed E-state index contributed by atoms with van der Waals surface area (Å²) in [5.41, 5.74) is 7.04. The van der Waals surface area contributed by atoms with Crippen molar-refractivity contribution in [2.75, 3.05) is 10.6 Å². The second-order valence-corrected chi connectivity index (χ2v) is 6.19. The first-order valence-electron chi connectivity index (χ1n) is 6.94. The van der Waals surface area contributed by atoms with Crippen molar-refractivity contribution in [1.82, 2.24) is 10.9 Å². The van der Waals surface area contributed by atoms with E-state index in [1.165, 1.54) is 0 Å². The van der Waals surface area contributed by atoms with Gasteiger partial charge in [-0.1, -0.05) is 39.7 Å². The van der Waals surface area contributed by atoms with Crippen LogP contribution in [0.2, 0.25) is 0 Å². The molecule has 0 atom stereocenters. The van der Waals surface area contributed by atoms with Gasteiger partial charge in [-0.2, -0.15) is 0 Å². The van der Waals surface area contributed by atoms with Crippen molar-refractivity contribution in [2.24, 2.45) is 0 Å². The molecule has 2 aromatic carbocycles. The SMILES string of the molecule is Cc1ccc(NC(=O)C(=O)NNC(=S)Nc2cccc(Br)c2)cc1. The summed E-state index contributed by atoms with van der Waals surface area (Å²) in [6.07, 6.45) is 0. The number of aryl methyl sites for hydroxylation is 1. The maximum absolute atomic E-state index is 11.8. The van der Waals surface area contributed by atoms with Gasteiger partial charge in [-0.05, 0) is 49.5 Å². The van der Waals surface area contributed by atoms with Gasteiger partial charge < -0.3 is 10.6 Å². The number of thiocarbonyl (C=S) groups is 1. The van der Waals surface area contributed by atoms with Gasteiger partial charge in [-0.3, -0.25) is 20.4 Å². The first-order valence-corrected chi connectivity index (χ1v) is 8.15. The van der Waals surface area contributed by atoms with Crippen LogP contribution >= 0.6 is 28.1 Å². The van der Waals surface area contributed by atoms with E-state index in [4.69, 9.17) is 12.2 Å². The lowest BCUT2D eigenvalue weighted by molar-refractivity contribution is -0.136. The number of halogens is 1. The fraction of sp³-hybridized carbons (Fsp3) is 0.0625. The second-order valence-electron chi connectivity index (χ2n) is 4.86. The average Bonchev–Trinajstić information content (AvgIpc) is 2.54. The van der Waals surface area contributed by atoms with Gasteiger partial charge in [0, 0.05) is 15.8 Å². The van der Waals surface area contributed by atoms with Crippen LogP contribution in [-0.4, -0.2) is 16.9 Å². The van der Waals surface area contributed by atoms with Crippen LogP contribution in [0.3, 0.4) is 0 Å². The third-order valence-corrected chi connectivity index (χ3v) is 3.59. The molecule has 0 heterocycles. The molecule has 0 saturated carbocycles. The molecule has 0 aromatic heterocycles. The van der Waals surface area contributed by atoms with Crippen molar-refractivity contribution in [3.8, 4) is 0 Å². The van der Waals surface area contributed by atoms with E-state index in [1.807, 2.05) is 43.3 Å². The van der Waals surface area contributed by atoms with E-state index in [0.29, 0.717) is 5.69 Å². The van der Waals surface area contributed by atoms with Crippen molar-refractivity contribution in [1.29, 1.82) is 0 Å². The Hall–Kier alpha value is -2.45. The zero-order chi connectivity index (χ0) is 17.5. The number of carbonyl (C=O) groups is 2. The minimum absolute atomic E-state index is 0.157. The number of benzene rings is 2. The van der Waals surface area contributed by atoms with Gasteiger partial charge in [0.05, 0.1) is 0 Å². The van der Waals surface area contributed by atoms with E-state index in [2.05, 4.69) is 37.4 Å². The molecule has 6 nitrogen and oxygen atoms in total. The lowest BCUT2D eigenvalue weighted by atomic mass is 10.2. The Morgan fingerprint density at radius 1 is 0.917 bits per heavy atom. The van der Waals surface area contributed by atoms with Gasteiger partial charge in [0.25, 0.3) is 0 Å². The van der Waals surface area contributed by atoms with Crippen molar-refractivity contribution in [2.45, 2.75) is 6.92 Å². The standard InChI is InChI=1S/C16H15BrN4O2S/c1-10-5-7-12(8-6-10)18-14(22)15(23)20-21-16(24)19-13-4-2-3-11(17)9-13/h2-9H,1H3,(H,18,22)(H,20,23)(H2,19,21,24). The third kappa shape index (κ3) is 5.64. The molecule has 8 heteroatoms. The predicted molar refractivity (Wildman–Crippen MR) is 101 cm³/mol. The van der Waals surface area contributed by atoms with Crippen LogP contribution in [0.5, 0.6) is 0 Å². The second kappa shape index (κ2) is 8.42. The van der Waals surface area contributed by atoms with Crippen molar-refractivity contribution in [3.63, 3.8) is 0 Å². The van der Waals surface area contributed by atoms with Crippen LogP contribution in [-0.2, 0) is 9.59 Å². The lowest BCUT2D eigenvalue weighted by Gasteiger charge is -2.11. The van der Waals surface area contributed by atoms with Gasteiger partial charge in [-0.15, -0.1) is 0 Å². The molecule has 0 bridgehead atoms. The highest BCUT2D eigenvalue weighted by Crippen LogP contribution is 2.15. The normalized spacial score (nSPS) is 9.75. The maximum Gasteiger partial charge on any atom is 0.328 e. The molecule has 0 radical (unpaired) electrons. The fourth-order valence-corrected chi connectivity index (χ4v) is 2.29. The Morgan fingerprint density at radius 2 is 1.62 bits per heavy atom. The molecule has 0 aliphatic heterocycles. The summed E-state index contributed by atoms with van der Waals surface area (Å²) in [5.74, 6) is -1.65. The van der Waals surface area contributed by atoms with Gasteiger partial charge in [0.2, 0.25) is 0 Å². The topological polar surface area (TPSA) is 82.3 Å². The van der Waals surface area contributed by atoms with E-state index in [-0.39, 0.29) is 5.11 Å². The van der Waals surface area contributed by atoms with Crippen LogP contribution in [0.4, 0.5) is 11.4 Å². The summed E-state index contributed by atoms with van der Waals surface area (Å²) in [6, 6.07) is 14.4. The molecule has 0 saturated heterocycles. The van der Waals surface area contributed by atoms with Crippen LogP contribution in [0, 0.1) is 6.92 Å². The van der Waals surface area contributed by atoms with E-state index in [0.717, 1.165) is 15.7 Å². The van der Waals surface area contributed by atoms with Crippen LogP contribution in [0.15, 0.2) is 53.0 Å². The largest absolute Gasteiger partial charge is 0.331 e. The molecule has 124 valence electrons. The maximum atomic E-state index is 11.8. The molecule has 0 fully saturated rings. The smallest absolute Gasteiger partial charge is 0.328 e. The Labute approximate surface area is 153 Å². The summed E-state index contributed by atoms with van der Waals surface area (Å²) in [5, 5.41) is 5.52. The molecule has 2 rings (SSSR count). The average molecular weight is 407 g/mol. The first-order chi connectivity index (χ1) is 11.4. The number of carbonyl (C=O) groups excluding carboxylic acids is 2. The lowest BCUT2D eigenvalue weighted by Crippen LogP contribution is -2.48. The number of hydrogen-bond donors (Lipinski definition) is 4. The highest BCUT2D eigenvalue weighted by Gasteiger charge is 2.13. The molecule has 0 spiro atoms. The van der Waals surface area contributed by atoms with Gasteiger partial charge in [0.15, 0.2) is 5.11 Å². The minimum atomic E-state index is -0.853. The van der Waals surface area contributed by atoms with Crippen molar-refractivity contribution < 1.29 is 9.59 Å². The first kappa shape index (κ1) is 17.9. The van der Waals surface area contributed by atoms with Crippen LogP contribution in [0.25, 0.3) is 0 Å². The third-order valence-electron chi connectivity index (χ3n) is 2.89. The number of hydrogen-bond acceptors (Lipinski definition) is 3. The van der Waals surface area contributed by atoms with E-state index < -0.39 is 11.8 Å². The van der Waals surface area contributed by atoms with E-state index in [9.17, 15) is 9.59 Å². The molecular weight excluding hydrogens is 392 g/mol. The zero-order valence-electron chi connectivity index (χ0n) is 12.7.